The first-order valence-corrected chi connectivity index (χ1v) is 9.12. The van der Waals surface area contributed by atoms with E-state index in [9.17, 15) is 4.79 Å². The molecular formula is C19H17N3O3S. The molecule has 132 valence electrons. The highest BCUT2D eigenvalue weighted by molar-refractivity contribution is 7.22. The van der Waals surface area contributed by atoms with E-state index < -0.39 is 0 Å². The predicted molar refractivity (Wildman–Crippen MR) is 102 cm³/mol. The van der Waals surface area contributed by atoms with Crippen molar-refractivity contribution < 1.29 is 14.1 Å². The smallest absolute Gasteiger partial charge is 0.232 e. The van der Waals surface area contributed by atoms with Crippen molar-refractivity contribution in [3.8, 4) is 5.75 Å². The summed E-state index contributed by atoms with van der Waals surface area (Å²) in [6.45, 7) is 4.55. The summed E-state index contributed by atoms with van der Waals surface area (Å²) in [5.41, 5.74) is 3.23. The topological polar surface area (TPSA) is 77.2 Å². The monoisotopic (exact) mass is 367 g/mol. The maximum atomic E-state index is 12.4. The number of nitrogens with one attached hydrogen (secondary N) is 1. The molecule has 0 aliphatic rings. The Bertz CT molecular complexity index is 1100. The van der Waals surface area contributed by atoms with Gasteiger partial charge in [0.05, 0.1) is 23.2 Å². The standard InChI is InChI=1S/C19H17N3O3S/c1-3-24-12-5-6-14-17(9-12)26-19(20-14)21-18(23)10-15-13-8-11(2)4-7-16(13)25-22-15/h4-9H,3,10H2,1-2H3,(H,20,21,23). The number of carbonyl (C=O) groups is 1. The third-order valence-corrected chi connectivity index (χ3v) is 4.88. The van der Waals surface area contributed by atoms with Crippen molar-refractivity contribution in [1.29, 1.82) is 0 Å². The van der Waals surface area contributed by atoms with E-state index >= 15 is 0 Å². The van der Waals surface area contributed by atoms with Gasteiger partial charge in [0.15, 0.2) is 10.7 Å². The molecule has 7 heteroatoms. The average molecular weight is 367 g/mol. The van der Waals surface area contributed by atoms with E-state index in [0.29, 0.717) is 23.0 Å². The number of hydrogen-bond acceptors (Lipinski definition) is 6. The van der Waals surface area contributed by atoms with Gasteiger partial charge < -0.3 is 14.6 Å². The molecule has 2 aromatic heterocycles. The Morgan fingerprint density at radius 1 is 1.27 bits per heavy atom. The molecule has 4 aromatic rings. The Kier molecular flexibility index (Phi) is 4.30. The Morgan fingerprint density at radius 2 is 2.15 bits per heavy atom. The highest BCUT2D eigenvalue weighted by Crippen LogP contribution is 2.29. The van der Waals surface area contributed by atoms with Crippen LogP contribution in [-0.2, 0) is 11.2 Å². The normalized spacial score (nSPS) is 11.2. The Balaban J connectivity index is 1.52. The number of ether oxygens (including phenoxy) is 1. The number of amides is 1. The minimum atomic E-state index is -0.175. The highest BCUT2D eigenvalue weighted by Gasteiger charge is 2.14. The van der Waals surface area contributed by atoms with Crippen LogP contribution in [0.25, 0.3) is 21.2 Å². The minimum absolute atomic E-state index is 0.135. The number of aromatic nitrogens is 2. The van der Waals surface area contributed by atoms with Gasteiger partial charge in [-0.25, -0.2) is 4.98 Å². The van der Waals surface area contributed by atoms with Gasteiger partial charge >= 0.3 is 0 Å². The van der Waals surface area contributed by atoms with Gasteiger partial charge in [0, 0.05) is 5.39 Å². The summed E-state index contributed by atoms with van der Waals surface area (Å²) in [4.78, 5) is 16.9. The van der Waals surface area contributed by atoms with Gasteiger partial charge in [-0.2, -0.15) is 0 Å². The lowest BCUT2D eigenvalue weighted by atomic mass is 10.1. The van der Waals surface area contributed by atoms with Crippen LogP contribution in [0.2, 0.25) is 0 Å². The van der Waals surface area contributed by atoms with E-state index in [-0.39, 0.29) is 12.3 Å². The Hall–Kier alpha value is -2.93. The lowest BCUT2D eigenvalue weighted by Gasteiger charge is -2.00. The van der Waals surface area contributed by atoms with Crippen LogP contribution in [-0.4, -0.2) is 22.7 Å². The summed E-state index contributed by atoms with van der Waals surface area (Å²) in [7, 11) is 0. The SMILES string of the molecule is CCOc1ccc2nc(NC(=O)Cc3noc4ccc(C)cc34)sc2c1. The van der Waals surface area contributed by atoms with Crippen molar-refractivity contribution in [1.82, 2.24) is 10.1 Å². The van der Waals surface area contributed by atoms with Crippen molar-refractivity contribution in [2.75, 3.05) is 11.9 Å². The van der Waals surface area contributed by atoms with Gasteiger partial charge in [-0.15, -0.1) is 0 Å². The Morgan fingerprint density at radius 3 is 3.00 bits per heavy atom. The van der Waals surface area contributed by atoms with Crippen molar-refractivity contribution in [2.24, 2.45) is 0 Å². The number of carbonyl (C=O) groups excluding carboxylic acids is 1. The molecule has 1 N–H and O–H groups in total. The maximum absolute atomic E-state index is 12.4. The predicted octanol–water partition coefficient (Wildman–Crippen LogP) is 4.33. The van der Waals surface area contributed by atoms with E-state index in [1.165, 1.54) is 11.3 Å². The molecule has 6 nitrogen and oxygen atoms in total. The summed E-state index contributed by atoms with van der Waals surface area (Å²) in [5, 5.41) is 8.29. The number of fused-ring (bicyclic) bond motifs is 2. The second-order valence-corrected chi connectivity index (χ2v) is 6.97. The lowest BCUT2D eigenvalue weighted by molar-refractivity contribution is -0.115. The van der Waals surface area contributed by atoms with Crippen LogP contribution in [0.3, 0.4) is 0 Å². The third-order valence-electron chi connectivity index (χ3n) is 3.95. The fraction of sp³-hybridized carbons (Fsp3) is 0.211. The highest BCUT2D eigenvalue weighted by atomic mass is 32.1. The fourth-order valence-corrected chi connectivity index (χ4v) is 3.67. The molecule has 0 aliphatic carbocycles. The molecule has 0 unspecified atom stereocenters. The number of aryl methyl sites for hydroxylation is 1. The minimum Gasteiger partial charge on any atom is -0.494 e. The molecule has 0 spiro atoms. The van der Waals surface area contributed by atoms with Crippen LogP contribution in [0.5, 0.6) is 5.75 Å². The van der Waals surface area contributed by atoms with Crippen LogP contribution in [0.1, 0.15) is 18.2 Å². The quantitative estimate of drug-likeness (QED) is 0.568. The van der Waals surface area contributed by atoms with Gasteiger partial charge in [-0.05, 0) is 44.2 Å². The summed E-state index contributed by atoms with van der Waals surface area (Å²) >= 11 is 1.42. The zero-order valence-electron chi connectivity index (χ0n) is 14.4. The first-order chi connectivity index (χ1) is 12.6. The van der Waals surface area contributed by atoms with Crippen molar-refractivity contribution in [3.63, 3.8) is 0 Å². The van der Waals surface area contributed by atoms with Crippen molar-refractivity contribution in [3.05, 3.63) is 47.7 Å². The molecule has 0 atom stereocenters. The largest absolute Gasteiger partial charge is 0.494 e. The molecule has 0 aliphatic heterocycles. The summed E-state index contributed by atoms with van der Waals surface area (Å²) < 4.78 is 11.7. The first-order valence-electron chi connectivity index (χ1n) is 8.30. The summed E-state index contributed by atoms with van der Waals surface area (Å²) in [6.07, 6.45) is 0.135. The van der Waals surface area contributed by atoms with Crippen LogP contribution in [0.4, 0.5) is 5.13 Å². The average Bonchev–Trinajstić information content (AvgIpc) is 3.18. The first kappa shape index (κ1) is 16.5. The number of thiazole rings is 1. The van der Waals surface area contributed by atoms with E-state index in [1.54, 1.807) is 0 Å². The van der Waals surface area contributed by atoms with Gasteiger partial charge in [-0.3, -0.25) is 4.79 Å². The molecule has 0 saturated heterocycles. The molecule has 2 aromatic carbocycles. The molecule has 0 bridgehead atoms. The second kappa shape index (κ2) is 6.76. The second-order valence-electron chi connectivity index (χ2n) is 5.94. The fourth-order valence-electron chi connectivity index (χ4n) is 2.76. The van der Waals surface area contributed by atoms with Gasteiger partial charge in [0.25, 0.3) is 0 Å². The van der Waals surface area contributed by atoms with E-state index in [4.69, 9.17) is 9.26 Å². The third kappa shape index (κ3) is 3.25. The molecule has 0 saturated carbocycles. The number of rotatable bonds is 5. The van der Waals surface area contributed by atoms with Crippen LogP contribution in [0, 0.1) is 6.92 Å². The zero-order valence-corrected chi connectivity index (χ0v) is 15.2. The van der Waals surface area contributed by atoms with E-state index in [1.807, 2.05) is 50.2 Å². The van der Waals surface area contributed by atoms with Crippen molar-refractivity contribution in [2.45, 2.75) is 20.3 Å². The number of nitrogens with zero attached hydrogens (tertiary/aromatic N) is 2. The van der Waals surface area contributed by atoms with Gasteiger partial charge in [-0.1, -0.05) is 28.1 Å². The molecule has 4 rings (SSSR count). The molecule has 26 heavy (non-hydrogen) atoms. The van der Waals surface area contributed by atoms with Crippen molar-refractivity contribution >= 4 is 43.6 Å². The maximum Gasteiger partial charge on any atom is 0.232 e. The summed E-state index contributed by atoms with van der Waals surface area (Å²) in [5.74, 6) is 0.622. The summed E-state index contributed by atoms with van der Waals surface area (Å²) in [6, 6.07) is 11.5. The molecule has 0 fully saturated rings. The molecule has 0 radical (unpaired) electrons. The van der Waals surface area contributed by atoms with Gasteiger partial charge in [0.2, 0.25) is 5.91 Å². The molecule has 1 amide bonds. The lowest BCUT2D eigenvalue weighted by Crippen LogP contribution is -2.14. The van der Waals surface area contributed by atoms with Gasteiger partial charge in [0.1, 0.15) is 11.4 Å². The van der Waals surface area contributed by atoms with Crippen LogP contribution >= 0.6 is 11.3 Å². The van der Waals surface area contributed by atoms with E-state index in [0.717, 1.165) is 26.9 Å². The van der Waals surface area contributed by atoms with Crippen LogP contribution < -0.4 is 10.1 Å². The molecular weight excluding hydrogens is 350 g/mol. The zero-order chi connectivity index (χ0) is 18.1. The van der Waals surface area contributed by atoms with E-state index in [2.05, 4.69) is 15.5 Å². The number of anilines is 1. The Labute approximate surface area is 153 Å². The van der Waals surface area contributed by atoms with Crippen LogP contribution in [0.15, 0.2) is 40.9 Å². The molecule has 2 heterocycles. The number of benzene rings is 2. The number of hydrogen-bond donors (Lipinski definition) is 1.